The zero-order chi connectivity index (χ0) is 104. The van der Waals surface area contributed by atoms with Gasteiger partial charge in [-0.25, -0.2) is 59.3 Å². The van der Waals surface area contributed by atoms with Crippen molar-refractivity contribution in [2.75, 3.05) is 130 Å². The minimum Gasteiger partial charge on any atom is -0.748 e. The Morgan fingerprint density at radius 3 is 1.15 bits per heavy atom. The van der Waals surface area contributed by atoms with Crippen LogP contribution in [0.3, 0.4) is 0 Å². The van der Waals surface area contributed by atoms with Gasteiger partial charge in [-0.2, -0.15) is 35.1 Å². The Kier molecular flexibility index (Phi) is 51.3. The van der Waals surface area contributed by atoms with Gasteiger partial charge in [0.1, 0.15) is 100 Å². The quantitative estimate of drug-likeness (QED) is 0.0112. The molecular weight excluding hydrogens is 2130 g/mol. The maximum Gasteiger partial charge on any atom is 0.357 e. The first-order valence-electron chi connectivity index (χ1n) is 43.4. The SMILES string of the molecule is CC(F)(F)COCCc1ccc(C2CO2)cc1.O=S(=O)([O-])C(F)(F)COCCOc1ccc(C2CO2)cc1.O=S(=O)([O-])C(F)(F)COCc1ccc(C2CO2)c2ccccc12.O=S(=O)([O-])C(F)(F)COCc1ccc(C2CO2)cc1.O=S(=O)([O-])C(F)(F)COCc1ccc2cc(OCC3CO3)ccc2c1.O=S(=O)([O-])CCOCc1cc(C2CO2)c2ccccc2c1.O=S(=O)([O-])CCOCc1cccc(C2CO2)c1.[CH3+].[CH3+].[CH3+].[CH3+].[CH3+].[CH3+].[CH3+]. The van der Waals surface area contributed by atoms with Crippen LogP contribution in [-0.4, -0.2) is 241 Å². The smallest absolute Gasteiger partial charge is 0.357 e. The van der Waals surface area contributed by atoms with Crippen molar-refractivity contribution in [3.8, 4) is 11.5 Å². The van der Waals surface area contributed by atoms with E-state index in [0.717, 1.165) is 104 Å². The van der Waals surface area contributed by atoms with Gasteiger partial charge in [-0.05, 0) is 142 Å². The third kappa shape index (κ3) is 45.3. The van der Waals surface area contributed by atoms with Crippen molar-refractivity contribution in [3.63, 3.8) is 0 Å². The lowest BCUT2D eigenvalue weighted by molar-refractivity contribution is -0.0616. The maximum atomic E-state index is 13.1. The van der Waals surface area contributed by atoms with Crippen LogP contribution in [0.15, 0.2) is 206 Å². The lowest BCUT2D eigenvalue weighted by Crippen LogP contribution is -2.34. The summed E-state index contributed by atoms with van der Waals surface area (Å²) in [5.41, 5.74) is 11.2. The highest BCUT2D eigenvalue weighted by Gasteiger charge is 2.42. The third-order valence-electron chi connectivity index (χ3n) is 20.9. The number of hydrogen-bond acceptors (Lipinski definition) is 34. The van der Waals surface area contributed by atoms with E-state index in [1.807, 2.05) is 127 Å². The lowest BCUT2D eigenvalue weighted by Gasteiger charge is -2.20. The Bertz CT molecular complexity index is 6580. The van der Waals surface area contributed by atoms with E-state index in [0.29, 0.717) is 80.9 Å². The predicted molar refractivity (Wildman–Crippen MR) is 527 cm³/mol. The fourth-order valence-electron chi connectivity index (χ4n) is 12.9. The average molecular weight is 2250 g/mol. The Morgan fingerprint density at radius 1 is 0.293 bits per heavy atom. The highest BCUT2D eigenvalue weighted by atomic mass is 32.2. The summed E-state index contributed by atoms with van der Waals surface area (Å²) >= 11 is 0. The molecule has 10 aromatic rings. The standard InChI is InChI=1S/C16H16F2O6S.C15H14F2O5S.C15H16O5S.C13H16F2O2.C12H14F2O6S.C11H12F2O5S.C11H14O5S.7CH3/c17-16(18,25(19,20)21)10-22-7-11-1-2-13-6-14(4-3-12(13)5-11)23-8-15-9-24-15;16-15(17,23(18,19)20)9-21-7-10-5-6-13(14-8-22-14)12-4-2-1-3-11(10)12;16-21(17,18)6-5-19-9-11-7-12-3-1-2-4-13(12)14(8-11)15-10-20-15;1-13(14,15)9-16-7-6-10-2-4-11(5-3-10)12-8-17-12;13-12(14,21(15,16)17)8-18-5-6-19-10-3-1-9(2-4-10)11-7-20-11;12-11(13,19(14,15)16)7-17-5-8-1-3-9(4-2-8)10-6-18-10;12-17(13,14)5-4-15-7-9-2-1-3-10(6-9)11-8-16-11;;;;;;;/h1-6,15H,7-10H2,(H,19,20,21);1-6,14H,7-9H2,(H,18,19,20);1-4,7-8,15H,5-6,9-10H2,(H,16,17,18);2-5,12H,6-9H2,1H3;1-4,11H,5-8H2,(H,15,16,17);1-4,10H,5-7H2,(H,14,15,16);1-3,6,11H,4-5,7-8H2,(H,12,13,14);7*1H3/q;;;;;;;7*+1/p-6. The van der Waals surface area contributed by atoms with Gasteiger partial charge in [0.05, 0.1) is 137 Å². The van der Waals surface area contributed by atoms with E-state index >= 15 is 0 Å². The molecule has 0 bridgehead atoms. The maximum absolute atomic E-state index is 13.1. The van der Waals surface area contributed by atoms with Crippen molar-refractivity contribution >= 4 is 93.0 Å². The molecule has 7 unspecified atom stereocenters. The number of fused-ring (bicyclic) bond motifs is 3. The number of alkyl halides is 10. The molecular formula is C100H117F10O34S6+. The number of epoxide rings is 7. The molecule has 17 rings (SSSR count). The Balaban J connectivity index is 0.000000363. The van der Waals surface area contributed by atoms with Crippen LogP contribution in [0.2, 0.25) is 0 Å². The van der Waals surface area contributed by atoms with Gasteiger partial charge in [0, 0.05) is 58.9 Å². The van der Waals surface area contributed by atoms with Gasteiger partial charge in [-0.1, -0.05) is 170 Å². The highest BCUT2D eigenvalue weighted by Crippen LogP contribution is 2.40. The fraction of sp³-hybridized carbons (Fsp3) is 0.390. The van der Waals surface area contributed by atoms with E-state index in [1.165, 1.54) is 5.56 Å². The molecule has 0 aromatic heterocycles. The monoisotopic (exact) mass is 2240 g/mol. The minimum atomic E-state index is -5.73. The van der Waals surface area contributed by atoms with Gasteiger partial charge in [-0.15, -0.1) is 0 Å². The normalized spacial score (nSPS) is 17.7. The lowest BCUT2D eigenvalue weighted by atomic mass is 9.98. The van der Waals surface area contributed by atoms with Gasteiger partial charge in [0.2, 0.25) is 0 Å². The third-order valence-corrected chi connectivity index (χ3v) is 25.6. The van der Waals surface area contributed by atoms with Crippen molar-refractivity contribution in [3.05, 3.63) is 325 Å². The molecule has 34 nitrogen and oxygen atoms in total. The molecule has 0 spiro atoms. The molecule has 7 aliphatic heterocycles. The summed E-state index contributed by atoms with van der Waals surface area (Å²) in [5.74, 6) is -2.51. The first kappa shape index (κ1) is 132. The van der Waals surface area contributed by atoms with Gasteiger partial charge in [0.15, 0.2) is 40.5 Å². The van der Waals surface area contributed by atoms with E-state index < -0.39 is 132 Å². The summed E-state index contributed by atoms with van der Waals surface area (Å²) in [6.45, 7) is -0.282. The molecule has 150 heavy (non-hydrogen) atoms. The van der Waals surface area contributed by atoms with Crippen LogP contribution in [0.1, 0.15) is 110 Å². The Labute approximate surface area is 868 Å². The van der Waals surface area contributed by atoms with Gasteiger partial charge >= 0.3 is 21.0 Å². The second-order valence-corrected chi connectivity index (χ2v) is 41.9. The zero-order valence-electron chi connectivity index (χ0n) is 82.7. The van der Waals surface area contributed by atoms with Crippen molar-refractivity contribution in [2.24, 2.45) is 0 Å². The predicted octanol–water partition coefficient (Wildman–Crippen LogP) is 16.5. The average Bonchev–Trinajstić information content (AvgIpc) is 1.50. The summed E-state index contributed by atoms with van der Waals surface area (Å²) < 4.78 is 395. The molecule has 0 saturated carbocycles. The molecule has 7 fully saturated rings. The molecule has 10 aromatic carbocycles. The van der Waals surface area contributed by atoms with Crippen molar-refractivity contribution in [2.45, 2.75) is 116 Å². The van der Waals surface area contributed by atoms with E-state index in [9.17, 15) is 122 Å². The zero-order valence-corrected chi connectivity index (χ0v) is 87.6. The van der Waals surface area contributed by atoms with Crippen LogP contribution in [0.4, 0.5) is 43.9 Å². The Hall–Kier alpha value is -10.1. The van der Waals surface area contributed by atoms with Gasteiger partial charge in [-0.3, -0.25) is 0 Å². The summed E-state index contributed by atoms with van der Waals surface area (Å²) in [6.07, 6.45) is 1.69. The van der Waals surface area contributed by atoms with Crippen LogP contribution in [0, 0.1) is 52.0 Å². The molecule has 7 saturated heterocycles. The van der Waals surface area contributed by atoms with Crippen LogP contribution in [0.5, 0.6) is 11.5 Å². The fourth-order valence-corrected chi connectivity index (χ4v) is 14.4. The molecule has 7 aliphatic rings. The molecule has 7 atom stereocenters. The summed E-state index contributed by atoms with van der Waals surface area (Å²) in [6, 6.07) is 63.3. The van der Waals surface area contributed by atoms with E-state index in [2.05, 4.69) is 20.3 Å². The van der Waals surface area contributed by atoms with Crippen LogP contribution in [-0.2, 0) is 166 Å². The van der Waals surface area contributed by atoms with Crippen LogP contribution >= 0.6 is 0 Å². The summed E-state index contributed by atoms with van der Waals surface area (Å²) in [4.78, 5) is 0. The Morgan fingerprint density at radius 2 is 0.673 bits per heavy atom. The van der Waals surface area contributed by atoms with Crippen LogP contribution in [0.25, 0.3) is 32.3 Å². The first-order valence-corrected chi connectivity index (χ1v) is 52.1. The van der Waals surface area contributed by atoms with E-state index in [4.69, 9.17) is 61.6 Å². The minimum absolute atomic E-state index is 0. The van der Waals surface area contributed by atoms with Crippen molar-refractivity contribution < 1.29 is 198 Å². The highest BCUT2D eigenvalue weighted by molar-refractivity contribution is 7.87. The molecule has 0 aliphatic carbocycles. The number of benzene rings is 10. The van der Waals surface area contributed by atoms with Crippen molar-refractivity contribution in [1.29, 1.82) is 0 Å². The molecule has 0 amide bonds. The molecule has 0 N–H and O–H groups in total. The van der Waals surface area contributed by atoms with Crippen molar-refractivity contribution in [1.82, 2.24) is 0 Å². The molecule has 0 radical (unpaired) electrons. The van der Waals surface area contributed by atoms with Gasteiger partial charge in [0.25, 0.3) is 5.92 Å². The number of rotatable bonds is 46. The van der Waals surface area contributed by atoms with Gasteiger partial charge < -0.3 is 103 Å². The summed E-state index contributed by atoms with van der Waals surface area (Å²) in [5, 5.41) is -12.0. The second kappa shape index (κ2) is 58.3. The molecule has 7 heterocycles. The second-order valence-electron chi connectivity index (χ2n) is 32.9. The van der Waals surface area contributed by atoms with E-state index in [1.54, 1.807) is 72.8 Å². The largest absolute Gasteiger partial charge is 0.748 e. The number of halogens is 10. The topological polar surface area (TPSA) is 514 Å². The number of ether oxygens (including phenoxy) is 16. The van der Waals surface area contributed by atoms with E-state index in [-0.39, 0.29) is 148 Å². The molecule has 50 heteroatoms. The molecule has 826 valence electrons. The van der Waals surface area contributed by atoms with Crippen LogP contribution < -0.4 is 9.47 Å². The first-order chi connectivity index (χ1) is 67.2. The number of hydrogen-bond donors (Lipinski definition) is 0. The summed E-state index contributed by atoms with van der Waals surface area (Å²) in [7, 11) is -31.3.